The van der Waals surface area contributed by atoms with E-state index in [2.05, 4.69) is 5.32 Å². The summed E-state index contributed by atoms with van der Waals surface area (Å²) in [5, 5.41) is 3.83. The third-order valence-corrected chi connectivity index (χ3v) is 8.37. The molecule has 1 heterocycles. The zero-order valence-electron chi connectivity index (χ0n) is 18.5. The number of fused-ring (bicyclic) bond motifs is 1. The number of hydrogen-bond donors (Lipinski definition) is 1. The summed E-state index contributed by atoms with van der Waals surface area (Å²) in [6, 6.07) is 23.1. The highest BCUT2D eigenvalue weighted by atomic mass is 32.2. The van der Waals surface area contributed by atoms with E-state index in [1.165, 1.54) is 41.9 Å². The van der Waals surface area contributed by atoms with Crippen LogP contribution < -0.4 is 14.4 Å². The molecule has 1 N–H and O–H groups in total. The molecule has 0 aliphatic rings. The summed E-state index contributed by atoms with van der Waals surface area (Å²) in [5.74, 6) is 0.428. The lowest BCUT2D eigenvalue weighted by Crippen LogP contribution is -2.26. The van der Waals surface area contributed by atoms with Gasteiger partial charge in [-0.1, -0.05) is 30.3 Å². The first-order valence-electron chi connectivity index (χ1n) is 10.3. The van der Waals surface area contributed by atoms with Crippen LogP contribution in [0.15, 0.2) is 83.8 Å². The van der Waals surface area contributed by atoms with Gasteiger partial charge in [0.15, 0.2) is 0 Å². The van der Waals surface area contributed by atoms with Gasteiger partial charge in [0.05, 0.1) is 28.6 Å². The van der Waals surface area contributed by atoms with E-state index in [9.17, 15) is 13.2 Å². The molecule has 8 heteroatoms. The lowest BCUT2D eigenvalue weighted by molar-refractivity contribution is 0.0944. The van der Waals surface area contributed by atoms with Crippen LogP contribution in [0.3, 0.4) is 0 Å². The van der Waals surface area contributed by atoms with Gasteiger partial charge in [-0.2, -0.15) is 0 Å². The van der Waals surface area contributed by atoms with E-state index in [0.29, 0.717) is 16.3 Å². The molecule has 6 nitrogen and oxygen atoms in total. The third-order valence-electron chi connectivity index (χ3n) is 5.45. The van der Waals surface area contributed by atoms with E-state index in [-0.39, 0.29) is 16.8 Å². The van der Waals surface area contributed by atoms with Crippen molar-refractivity contribution in [3.63, 3.8) is 0 Å². The smallest absolute Gasteiger partial charge is 0.264 e. The second-order valence-corrected chi connectivity index (χ2v) is 10.6. The van der Waals surface area contributed by atoms with Crippen molar-refractivity contribution in [2.45, 2.75) is 17.9 Å². The van der Waals surface area contributed by atoms with Gasteiger partial charge >= 0.3 is 0 Å². The number of rotatable bonds is 7. The van der Waals surface area contributed by atoms with E-state index in [0.717, 1.165) is 15.6 Å². The second-order valence-electron chi connectivity index (χ2n) is 7.59. The Labute approximate surface area is 197 Å². The lowest BCUT2D eigenvalue weighted by atomic mass is 10.1. The van der Waals surface area contributed by atoms with Gasteiger partial charge < -0.3 is 10.1 Å². The van der Waals surface area contributed by atoms with Gasteiger partial charge in [0, 0.05) is 11.7 Å². The Morgan fingerprint density at radius 2 is 1.70 bits per heavy atom. The fourth-order valence-corrected chi connectivity index (χ4v) is 5.61. The Balaban J connectivity index is 1.56. The number of ether oxygens (including phenoxy) is 1. The number of sulfonamides is 1. The molecule has 1 amide bonds. The maximum absolute atomic E-state index is 13.1. The number of nitrogens with zero attached hydrogens (tertiary/aromatic N) is 1. The molecule has 4 rings (SSSR count). The largest absolute Gasteiger partial charge is 0.497 e. The summed E-state index contributed by atoms with van der Waals surface area (Å²) < 4.78 is 33.4. The summed E-state index contributed by atoms with van der Waals surface area (Å²) in [4.78, 5) is 13.5. The second kappa shape index (κ2) is 9.25. The Kier molecular flexibility index (Phi) is 6.40. The van der Waals surface area contributed by atoms with E-state index >= 15 is 0 Å². The Hall–Kier alpha value is -3.36. The number of carbonyl (C=O) groups is 1. The van der Waals surface area contributed by atoms with E-state index in [4.69, 9.17) is 4.74 Å². The van der Waals surface area contributed by atoms with Gasteiger partial charge in [-0.05, 0) is 66.4 Å². The molecule has 0 saturated carbocycles. The molecule has 4 aromatic rings. The van der Waals surface area contributed by atoms with Crippen molar-refractivity contribution in [3.8, 4) is 5.75 Å². The van der Waals surface area contributed by atoms with Crippen LogP contribution in [0.5, 0.6) is 5.75 Å². The van der Waals surface area contributed by atoms with Crippen LogP contribution in [-0.4, -0.2) is 28.5 Å². The van der Waals surface area contributed by atoms with Crippen LogP contribution >= 0.6 is 11.3 Å². The van der Waals surface area contributed by atoms with Crippen molar-refractivity contribution < 1.29 is 17.9 Å². The van der Waals surface area contributed by atoms with Crippen molar-refractivity contribution in [2.75, 3.05) is 18.5 Å². The molecule has 0 spiro atoms. The predicted molar refractivity (Wildman–Crippen MR) is 133 cm³/mol. The average molecular weight is 481 g/mol. The Morgan fingerprint density at radius 1 is 1.00 bits per heavy atom. The quantitative estimate of drug-likeness (QED) is 0.393. The highest BCUT2D eigenvalue weighted by molar-refractivity contribution is 7.92. The zero-order chi connectivity index (χ0) is 23.6. The molecule has 0 radical (unpaired) electrons. The average Bonchev–Trinajstić information content (AvgIpc) is 3.27. The fraction of sp³-hybridized carbons (Fsp3) is 0.160. The predicted octanol–water partition coefficient (Wildman–Crippen LogP) is 5.23. The number of nitrogens with one attached hydrogen (secondary N) is 1. The summed E-state index contributed by atoms with van der Waals surface area (Å²) in [5.41, 5.74) is 1.54. The number of amides is 1. The van der Waals surface area contributed by atoms with Gasteiger partial charge in [-0.3, -0.25) is 9.10 Å². The minimum atomic E-state index is -3.74. The molecule has 0 bridgehead atoms. The van der Waals surface area contributed by atoms with Crippen molar-refractivity contribution >= 4 is 43.0 Å². The standard InChI is InChI=1S/C25H24N2O4S2/c1-17(18-7-5-4-6-8-18)26-25(28)24-16-19-15-20(9-14-23(19)32-24)27(2)33(29,30)22-12-10-21(31-3)11-13-22/h4-17H,1-3H3,(H,26,28). The number of thiophene rings is 1. The molecular weight excluding hydrogens is 456 g/mol. The number of hydrogen-bond acceptors (Lipinski definition) is 5. The monoisotopic (exact) mass is 480 g/mol. The summed E-state index contributed by atoms with van der Waals surface area (Å²) in [7, 11) is -0.693. The Morgan fingerprint density at radius 3 is 2.36 bits per heavy atom. The van der Waals surface area contributed by atoms with Crippen LogP contribution in [0.4, 0.5) is 5.69 Å². The minimum Gasteiger partial charge on any atom is -0.497 e. The highest BCUT2D eigenvalue weighted by Crippen LogP contribution is 2.31. The van der Waals surface area contributed by atoms with Crippen molar-refractivity contribution in [2.24, 2.45) is 0 Å². The summed E-state index contributed by atoms with van der Waals surface area (Å²) in [6.07, 6.45) is 0. The van der Waals surface area contributed by atoms with Gasteiger partial charge in [-0.25, -0.2) is 8.42 Å². The molecule has 1 atom stereocenters. The molecule has 1 unspecified atom stereocenters. The minimum absolute atomic E-state index is 0.125. The highest BCUT2D eigenvalue weighted by Gasteiger charge is 2.22. The summed E-state index contributed by atoms with van der Waals surface area (Å²) in [6.45, 7) is 1.94. The maximum Gasteiger partial charge on any atom is 0.264 e. The van der Waals surface area contributed by atoms with E-state index in [1.807, 2.05) is 43.3 Å². The molecule has 0 saturated heterocycles. The molecule has 0 aliphatic heterocycles. The van der Waals surface area contributed by atoms with Crippen LogP contribution in [0, 0.1) is 0 Å². The number of methoxy groups -OCH3 is 1. The van der Waals surface area contributed by atoms with Crippen molar-refractivity contribution in [3.05, 3.63) is 89.3 Å². The molecule has 0 fully saturated rings. The molecule has 3 aromatic carbocycles. The van der Waals surface area contributed by atoms with Crippen molar-refractivity contribution in [1.29, 1.82) is 0 Å². The van der Waals surface area contributed by atoms with Gasteiger partial charge in [0.2, 0.25) is 0 Å². The first-order chi connectivity index (χ1) is 15.8. The van der Waals surface area contributed by atoms with Crippen LogP contribution in [-0.2, 0) is 10.0 Å². The SMILES string of the molecule is COc1ccc(S(=O)(=O)N(C)c2ccc3sc(C(=O)NC(C)c4ccccc4)cc3c2)cc1. The van der Waals surface area contributed by atoms with Crippen molar-refractivity contribution in [1.82, 2.24) is 5.32 Å². The van der Waals surface area contributed by atoms with Crippen LogP contribution in [0.2, 0.25) is 0 Å². The third kappa shape index (κ3) is 4.72. The molecule has 1 aromatic heterocycles. The van der Waals surface area contributed by atoms with Crippen LogP contribution in [0.1, 0.15) is 28.2 Å². The number of carbonyl (C=O) groups excluding carboxylic acids is 1. The molecular formula is C25H24N2O4S2. The van der Waals surface area contributed by atoms with Crippen LogP contribution in [0.25, 0.3) is 10.1 Å². The summed E-state index contributed by atoms with van der Waals surface area (Å²) >= 11 is 1.38. The number of benzene rings is 3. The van der Waals surface area contributed by atoms with E-state index < -0.39 is 10.0 Å². The molecule has 0 aliphatic carbocycles. The fourth-order valence-electron chi connectivity index (χ4n) is 3.48. The Bertz CT molecular complexity index is 1380. The first kappa shape index (κ1) is 22.8. The first-order valence-corrected chi connectivity index (χ1v) is 12.6. The maximum atomic E-state index is 13.1. The van der Waals surface area contributed by atoms with Gasteiger partial charge in [-0.15, -0.1) is 11.3 Å². The lowest BCUT2D eigenvalue weighted by Gasteiger charge is -2.19. The molecule has 170 valence electrons. The van der Waals surface area contributed by atoms with E-state index in [1.54, 1.807) is 30.3 Å². The zero-order valence-corrected chi connectivity index (χ0v) is 20.1. The van der Waals surface area contributed by atoms with Gasteiger partial charge in [0.1, 0.15) is 5.75 Å². The normalized spacial score (nSPS) is 12.3. The topological polar surface area (TPSA) is 75.7 Å². The number of anilines is 1. The van der Waals surface area contributed by atoms with Gasteiger partial charge in [0.25, 0.3) is 15.9 Å². The molecule has 33 heavy (non-hydrogen) atoms.